The highest BCUT2D eigenvalue weighted by Crippen LogP contribution is 2.21. The fraction of sp³-hybridized carbons (Fsp3) is 0.250. The highest BCUT2D eigenvalue weighted by atomic mass is 32.2. The second kappa shape index (κ2) is 10.4. The van der Waals surface area contributed by atoms with Gasteiger partial charge in [-0.25, -0.2) is 4.68 Å². The van der Waals surface area contributed by atoms with Gasteiger partial charge in [-0.1, -0.05) is 17.8 Å². The SMILES string of the molecule is COc1cccc(OCc2nnc(SCC(O)COc3ccc(C#N)cc3)n2N)c1. The number of hydrogen-bond donors (Lipinski definition) is 2. The average molecular weight is 427 g/mol. The van der Waals surface area contributed by atoms with Gasteiger partial charge in [0.1, 0.15) is 30.5 Å². The summed E-state index contributed by atoms with van der Waals surface area (Å²) in [6.07, 6.45) is -0.737. The molecule has 3 aromatic rings. The second-order valence-corrected chi connectivity index (χ2v) is 7.14. The van der Waals surface area contributed by atoms with Gasteiger partial charge in [0.15, 0.2) is 5.82 Å². The van der Waals surface area contributed by atoms with Crippen LogP contribution < -0.4 is 20.1 Å². The van der Waals surface area contributed by atoms with Crippen LogP contribution in [0.2, 0.25) is 0 Å². The van der Waals surface area contributed by atoms with Crippen molar-refractivity contribution in [3.8, 4) is 23.3 Å². The summed E-state index contributed by atoms with van der Waals surface area (Å²) >= 11 is 1.26. The van der Waals surface area contributed by atoms with Crippen molar-refractivity contribution in [1.82, 2.24) is 14.9 Å². The maximum atomic E-state index is 10.1. The third-order valence-corrected chi connectivity index (χ3v) is 5.06. The molecule has 30 heavy (non-hydrogen) atoms. The number of hydrogen-bond acceptors (Lipinski definition) is 9. The summed E-state index contributed by atoms with van der Waals surface area (Å²) in [7, 11) is 1.59. The van der Waals surface area contributed by atoms with Crippen molar-refractivity contribution < 1.29 is 19.3 Å². The molecule has 1 heterocycles. The first kappa shape index (κ1) is 21.3. The molecule has 0 saturated heterocycles. The lowest BCUT2D eigenvalue weighted by molar-refractivity contribution is 0.126. The van der Waals surface area contributed by atoms with E-state index in [-0.39, 0.29) is 13.2 Å². The van der Waals surface area contributed by atoms with Crippen LogP contribution in [0.3, 0.4) is 0 Å². The molecule has 10 heteroatoms. The minimum atomic E-state index is -0.737. The molecule has 3 rings (SSSR count). The van der Waals surface area contributed by atoms with E-state index in [0.29, 0.717) is 39.5 Å². The van der Waals surface area contributed by atoms with E-state index in [0.717, 1.165) is 0 Å². The van der Waals surface area contributed by atoms with Crippen molar-refractivity contribution >= 4 is 11.8 Å². The number of aliphatic hydroxyl groups is 1. The summed E-state index contributed by atoms with van der Waals surface area (Å²) in [5, 5.41) is 27.5. The van der Waals surface area contributed by atoms with Gasteiger partial charge >= 0.3 is 0 Å². The first-order valence-corrected chi connectivity index (χ1v) is 9.97. The molecule has 0 spiro atoms. The van der Waals surface area contributed by atoms with Crippen molar-refractivity contribution in [3.63, 3.8) is 0 Å². The zero-order valence-corrected chi connectivity index (χ0v) is 17.1. The Hall–Kier alpha value is -3.42. The van der Waals surface area contributed by atoms with E-state index in [1.165, 1.54) is 16.4 Å². The first-order valence-electron chi connectivity index (χ1n) is 8.99. The van der Waals surface area contributed by atoms with Crippen molar-refractivity contribution in [2.75, 3.05) is 25.3 Å². The number of rotatable bonds is 10. The Morgan fingerprint density at radius 2 is 1.90 bits per heavy atom. The van der Waals surface area contributed by atoms with Crippen LogP contribution in [-0.2, 0) is 6.61 Å². The molecule has 1 unspecified atom stereocenters. The number of ether oxygens (including phenoxy) is 3. The Kier molecular flexibility index (Phi) is 7.37. The maximum absolute atomic E-state index is 10.1. The minimum Gasteiger partial charge on any atom is -0.497 e. The summed E-state index contributed by atoms with van der Waals surface area (Å²) < 4.78 is 17.7. The Morgan fingerprint density at radius 1 is 1.13 bits per heavy atom. The Labute approximate surface area is 178 Å². The number of nitrogens with zero attached hydrogens (tertiary/aromatic N) is 4. The van der Waals surface area contributed by atoms with Gasteiger partial charge in [0.05, 0.1) is 24.8 Å². The third-order valence-electron chi connectivity index (χ3n) is 3.97. The first-order chi connectivity index (χ1) is 14.6. The van der Waals surface area contributed by atoms with Crippen LogP contribution in [0.15, 0.2) is 53.7 Å². The smallest absolute Gasteiger partial charge is 0.209 e. The predicted octanol–water partition coefficient (Wildman–Crippen LogP) is 1.98. The Balaban J connectivity index is 1.46. The molecular formula is C20H21N5O4S. The summed E-state index contributed by atoms with van der Waals surface area (Å²) in [6, 6.07) is 15.9. The standard InChI is InChI=1S/C20H21N5O4S/c1-27-17-3-2-4-18(9-17)29-12-19-23-24-20(25(19)22)30-13-15(26)11-28-16-7-5-14(10-21)6-8-16/h2-9,15,26H,11-13,22H2,1H3. The molecular weight excluding hydrogens is 406 g/mol. The topological polar surface area (TPSA) is 128 Å². The van der Waals surface area contributed by atoms with Crippen LogP contribution in [0, 0.1) is 11.3 Å². The van der Waals surface area contributed by atoms with E-state index < -0.39 is 6.10 Å². The van der Waals surface area contributed by atoms with Gasteiger partial charge in [-0.05, 0) is 36.4 Å². The quantitative estimate of drug-likeness (QED) is 0.368. The van der Waals surface area contributed by atoms with Crippen molar-refractivity contribution in [1.29, 1.82) is 5.26 Å². The van der Waals surface area contributed by atoms with Gasteiger partial charge in [-0.15, -0.1) is 10.2 Å². The molecule has 0 aliphatic rings. The van der Waals surface area contributed by atoms with E-state index in [9.17, 15) is 5.11 Å². The maximum Gasteiger partial charge on any atom is 0.209 e. The molecule has 1 aromatic heterocycles. The van der Waals surface area contributed by atoms with Gasteiger partial charge in [0.25, 0.3) is 0 Å². The molecule has 2 aromatic carbocycles. The van der Waals surface area contributed by atoms with Crippen LogP contribution >= 0.6 is 11.8 Å². The van der Waals surface area contributed by atoms with Gasteiger partial charge in [-0.3, -0.25) is 0 Å². The number of methoxy groups -OCH3 is 1. The van der Waals surface area contributed by atoms with Crippen LogP contribution in [-0.4, -0.2) is 45.6 Å². The Bertz CT molecular complexity index is 1000. The molecule has 0 aliphatic heterocycles. The molecule has 156 valence electrons. The molecule has 1 atom stereocenters. The van der Waals surface area contributed by atoms with Gasteiger partial charge in [0, 0.05) is 11.8 Å². The second-order valence-electron chi connectivity index (χ2n) is 6.15. The molecule has 0 radical (unpaired) electrons. The van der Waals surface area contributed by atoms with Crippen LogP contribution in [0.1, 0.15) is 11.4 Å². The van der Waals surface area contributed by atoms with E-state index >= 15 is 0 Å². The number of nitriles is 1. The van der Waals surface area contributed by atoms with Crippen LogP contribution in [0.25, 0.3) is 0 Å². The van der Waals surface area contributed by atoms with E-state index in [1.54, 1.807) is 43.5 Å². The fourth-order valence-electron chi connectivity index (χ4n) is 2.38. The van der Waals surface area contributed by atoms with E-state index in [2.05, 4.69) is 10.2 Å². The summed E-state index contributed by atoms with van der Waals surface area (Å²) in [5.74, 6) is 8.70. The van der Waals surface area contributed by atoms with Gasteiger partial charge < -0.3 is 25.2 Å². The minimum absolute atomic E-state index is 0.101. The van der Waals surface area contributed by atoms with E-state index in [1.807, 2.05) is 18.2 Å². The van der Waals surface area contributed by atoms with Gasteiger partial charge in [0.2, 0.25) is 5.16 Å². The molecule has 9 nitrogen and oxygen atoms in total. The van der Waals surface area contributed by atoms with Gasteiger partial charge in [-0.2, -0.15) is 5.26 Å². The molecule has 3 N–H and O–H groups in total. The molecule has 0 saturated carbocycles. The van der Waals surface area contributed by atoms with Crippen LogP contribution in [0.5, 0.6) is 17.2 Å². The zero-order chi connectivity index (χ0) is 21.3. The number of nitrogens with two attached hydrogens (primary N) is 1. The lowest BCUT2D eigenvalue weighted by atomic mass is 10.2. The number of aliphatic hydroxyl groups excluding tert-OH is 1. The lowest BCUT2D eigenvalue weighted by Gasteiger charge is -2.12. The average Bonchev–Trinajstić information content (AvgIpc) is 3.14. The third kappa shape index (κ3) is 5.79. The molecule has 0 bridgehead atoms. The fourth-order valence-corrected chi connectivity index (χ4v) is 3.16. The number of benzene rings is 2. The van der Waals surface area contributed by atoms with Crippen LogP contribution in [0.4, 0.5) is 0 Å². The van der Waals surface area contributed by atoms with E-state index in [4.69, 9.17) is 25.3 Å². The molecule has 0 amide bonds. The molecule has 0 fully saturated rings. The normalized spacial score (nSPS) is 11.5. The monoisotopic (exact) mass is 427 g/mol. The number of thioether (sulfide) groups is 1. The van der Waals surface area contributed by atoms with Crippen molar-refractivity contribution in [2.45, 2.75) is 17.9 Å². The van der Waals surface area contributed by atoms with Crippen molar-refractivity contribution in [2.24, 2.45) is 0 Å². The largest absolute Gasteiger partial charge is 0.497 e. The molecule has 0 aliphatic carbocycles. The summed E-state index contributed by atoms with van der Waals surface area (Å²) in [5.41, 5.74) is 0.548. The predicted molar refractivity (Wildman–Crippen MR) is 111 cm³/mol. The zero-order valence-electron chi connectivity index (χ0n) is 16.3. The lowest BCUT2D eigenvalue weighted by Crippen LogP contribution is -2.21. The highest BCUT2D eigenvalue weighted by Gasteiger charge is 2.14. The summed E-state index contributed by atoms with van der Waals surface area (Å²) in [4.78, 5) is 0. The van der Waals surface area contributed by atoms with Crippen molar-refractivity contribution in [3.05, 3.63) is 59.9 Å². The highest BCUT2D eigenvalue weighted by molar-refractivity contribution is 7.99. The number of aromatic nitrogens is 3. The number of nitrogen functional groups attached to an aromatic ring is 1. The summed E-state index contributed by atoms with van der Waals surface area (Å²) in [6.45, 7) is 0.241. The Morgan fingerprint density at radius 3 is 2.63 bits per heavy atom.